The Hall–Kier alpha value is -1.43. The first-order chi connectivity index (χ1) is 9.74. The Kier molecular flexibility index (Phi) is 5.98. The average molecular weight is 277 g/mol. The zero-order chi connectivity index (χ0) is 14.2. The highest BCUT2D eigenvalue weighted by atomic mass is 16.7. The van der Waals surface area contributed by atoms with Gasteiger partial charge in [0.2, 0.25) is 0 Å². The monoisotopic (exact) mass is 277 g/mol. The lowest BCUT2D eigenvalue weighted by Crippen LogP contribution is -2.36. The number of rotatable bonds is 3. The molecular formula is C15H23N3O2. The Labute approximate surface area is 120 Å². The number of hydrogen-bond acceptors (Lipinski definition) is 5. The Balaban J connectivity index is 1.90. The molecule has 0 bridgehead atoms. The van der Waals surface area contributed by atoms with E-state index in [-0.39, 0.29) is 5.97 Å². The SMILES string of the molecule is CC(=O)ON1CCNCCN(Cc2ccccc2)CC1. The third kappa shape index (κ3) is 5.28. The van der Waals surface area contributed by atoms with E-state index < -0.39 is 0 Å². The molecule has 1 fully saturated rings. The molecule has 1 saturated heterocycles. The molecule has 110 valence electrons. The highest BCUT2D eigenvalue weighted by Gasteiger charge is 2.14. The maximum Gasteiger partial charge on any atom is 0.322 e. The van der Waals surface area contributed by atoms with Crippen molar-refractivity contribution in [3.63, 3.8) is 0 Å². The summed E-state index contributed by atoms with van der Waals surface area (Å²) >= 11 is 0. The molecule has 1 aromatic carbocycles. The summed E-state index contributed by atoms with van der Waals surface area (Å²) in [6.45, 7) is 7.55. The van der Waals surface area contributed by atoms with Crippen LogP contribution in [0.3, 0.4) is 0 Å². The Morgan fingerprint density at radius 3 is 2.65 bits per heavy atom. The molecule has 5 heteroatoms. The standard InChI is InChI=1S/C15H23N3O2/c1-14(19)20-18-10-8-16-7-9-17(11-12-18)13-15-5-3-2-4-6-15/h2-6,16H,7-13H2,1H3. The van der Waals surface area contributed by atoms with Gasteiger partial charge in [-0.2, -0.15) is 0 Å². The molecule has 1 aromatic rings. The van der Waals surface area contributed by atoms with Crippen LogP contribution < -0.4 is 5.32 Å². The lowest BCUT2D eigenvalue weighted by Gasteiger charge is -2.24. The number of nitrogens with one attached hydrogen (secondary N) is 1. The van der Waals surface area contributed by atoms with Gasteiger partial charge in [-0.25, -0.2) is 0 Å². The average Bonchev–Trinajstić information content (AvgIpc) is 2.53. The second-order valence-corrected chi connectivity index (χ2v) is 5.02. The van der Waals surface area contributed by atoms with Crippen molar-refractivity contribution in [2.75, 3.05) is 39.3 Å². The highest BCUT2D eigenvalue weighted by molar-refractivity contribution is 5.65. The molecule has 0 spiro atoms. The minimum absolute atomic E-state index is 0.251. The van der Waals surface area contributed by atoms with E-state index in [4.69, 9.17) is 4.84 Å². The molecule has 0 aromatic heterocycles. The summed E-state index contributed by atoms with van der Waals surface area (Å²) in [7, 11) is 0. The molecule has 0 saturated carbocycles. The van der Waals surface area contributed by atoms with E-state index in [2.05, 4.69) is 34.5 Å². The molecule has 0 aliphatic carbocycles. The summed E-state index contributed by atoms with van der Waals surface area (Å²) in [4.78, 5) is 18.7. The predicted molar refractivity (Wildman–Crippen MR) is 77.9 cm³/mol. The van der Waals surface area contributed by atoms with Gasteiger partial charge < -0.3 is 10.2 Å². The zero-order valence-electron chi connectivity index (χ0n) is 12.0. The fourth-order valence-electron chi connectivity index (χ4n) is 2.32. The summed E-state index contributed by atoms with van der Waals surface area (Å²) in [5.74, 6) is -0.251. The van der Waals surface area contributed by atoms with Gasteiger partial charge in [0.1, 0.15) is 0 Å². The first-order valence-electron chi connectivity index (χ1n) is 7.14. The number of nitrogens with zero attached hydrogens (tertiary/aromatic N) is 2. The van der Waals surface area contributed by atoms with Crippen molar-refractivity contribution in [2.24, 2.45) is 0 Å². The molecule has 0 radical (unpaired) electrons. The van der Waals surface area contributed by atoms with Gasteiger partial charge in [-0.05, 0) is 5.56 Å². The van der Waals surface area contributed by atoms with E-state index in [9.17, 15) is 4.79 Å². The molecule has 5 nitrogen and oxygen atoms in total. The van der Waals surface area contributed by atoms with Crippen LogP contribution in [0.15, 0.2) is 30.3 Å². The van der Waals surface area contributed by atoms with Gasteiger partial charge in [0, 0.05) is 52.7 Å². The number of benzene rings is 1. The smallest absolute Gasteiger partial charge is 0.322 e. The molecule has 1 heterocycles. The van der Waals surface area contributed by atoms with Gasteiger partial charge >= 0.3 is 5.97 Å². The van der Waals surface area contributed by atoms with Crippen molar-refractivity contribution in [2.45, 2.75) is 13.5 Å². The first kappa shape index (κ1) is 15.0. The van der Waals surface area contributed by atoms with Gasteiger partial charge in [0.15, 0.2) is 0 Å². The van der Waals surface area contributed by atoms with Gasteiger partial charge in [-0.15, -0.1) is 5.06 Å². The minimum atomic E-state index is -0.251. The van der Waals surface area contributed by atoms with Crippen molar-refractivity contribution in [3.05, 3.63) is 35.9 Å². The summed E-state index contributed by atoms with van der Waals surface area (Å²) in [6, 6.07) is 10.4. The van der Waals surface area contributed by atoms with Crippen molar-refractivity contribution in [3.8, 4) is 0 Å². The van der Waals surface area contributed by atoms with Gasteiger partial charge in [-0.1, -0.05) is 30.3 Å². The Morgan fingerprint density at radius 2 is 1.90 bits per heavy atom. The molecule has 0 amide bonds. The van der Waals surface area contributed by atoms with Crippen LogP contribution in [0.4, 0.5) is 0 Å². The summed E-state index contributed by atoms with van der Waals surface area (Å²) in [6.07, 6.45) is 0. The van der Waals surface area contributed by atoms with Crippen LogP contribution in [0.1, 0.15) is 12.5 Å². The third-order valence-electron chi connectivity index (χ3n) is 3.32. The van der Waals surface area contributed by atoms with Crippen molar-refractivity contribution in [1.29, 1.82) is 0 Å². The maximum atomic E-state index is 11.1. The van der Waals surface area contributed by atoms with Gasteiger partial charge in [0.05, 0.1) is 0 Å². The number of carbonyl (C=O) groups excluding carboxylic acids is 1. The molecule has 1 aliphatic heterocycles. The molecule has 1 N–H and O–H groups in total. The van der Waals surface area contributed by atoms with Crippen molar-refractivity contribution in [1.82, 2.24) is 15.3 Å². The number of carbonyl (C=O) groups is 1. The summed E-state index contributed by atoms with van der Waals surface area (Å²) < 4.78 is 0. The number of hydroxylamine groups is 2. The molecule has 0 atom stereocenters. The summed E-state index contributed by atoms with van der Waals surface area (Å²) in [5, 5.41) is 5.12. The maximum absolute atomic E-state index is 11.1. The van der Waals surface area contributed by atoms with Gasteiger partial charge in [-0.3, -0.25) is 9.69 Å². The van der Waals surface area contributed by atoms with Crippen LogP contribution in [-0.4, -0.2) is 55.2 Å². The van der Waals surface area contributed by atoms with Crippen LogP contribution in [0.25, 0.3) is 0 Å². The van der Waals surface area contributed by atoms with E-state index in [1.54, 1.807) is 5.06 Å². The van der Waals surface area contributed by atoms with Crippen LogP contribution >= 0.6 is 0 Å². The fourth-order valence-corrected chi connectivity index (χ4v) is 2.32. The third-order valence-corrected chi connectivity index (χ3v) is 3.32. The minimum Gasteiger partial charge on any atom is -0.368 e. The van der Waals surface area contributed by atoms with E-state index >= 15 is 0 Å². The van der Waals surface area contributed by atoms with E-state index in [1.165, 1.54) is 12.5 Å². The van der Waals surface area contributed by atoms with Crippen LogP contribution in [0.2, 0.25) is 0 Å². The molecule has 20 heavy (non-hydrogen) atoms. The highest BCUT2D eigenvalue weighted by Crippen LogP contribution is 2.05. The lowest BCUT2D eigenvalue weighted by atomic mass is 10.2. The van der Waals surface area contributed by atoms with Crippen LogP contribution in [0, 0.1) is 0 Å². The second-order valence-electron chi connectivity index (χ2n) is 5.02. The zero-order valence-corrected chi connectivity index (χ0v) is 12.0. The molecule has 0 unspecified atom stereocenters. The summed E-state index contributed by atoms with van der Waals surface area (Å²) in [5.41, 5.74) is 1.31. The Bertz CT molecular complexity index is 411. The fraction of sp³-hybridized carbons (Fsp3) is 0.533. The molecule has 1 aliphatic rings. The predicted octanol–water partition coefficient (Wildman–Crippen LogP) is 0.872. The second kappa shape index (κ2) is 7.99. The van der Waals surface area contributed by atoms with Gasteiger partial charge in [0.25, 0.3) is 0 Å². The van der Waals surface area contributed by atoms with E-state index in [1.807, 2.05) is 6.07 Å². The number of hydrogen-bond donors (Lipinski definition) is 1. The van der Waals surface area contributed by atoms with Crippen LogP contribution in [-0.2, 0) is 16.2 Å². The molecule has 2 rings (SSSR count). The quantitative estimate of drug-likeness (QED) is 0.888. The van der Waals surface area contributed by atoms with E-state index in [0.717, 1.165) is 45.8 Å². The van der Waals surface area contributed by atoms with E-state index in [0.29, 0.717) is 0 Å². The van der Waals surface area contributed by atoms with Crippen molar-refractivity contribution < 1.29 is 9.63 Å². The van der Waals surface area contributed by atoms with Crippen LogP contribution in [0.5, 0.6) is 0 Å². The largest absolute Gasteiger partial charge is 0.368 e. The normalized spacial score (nSPS) is 18.9. The first-order valence-corrected chi connectivity index (χ1v) is 7.14. The van der Waals surface area contributed by atoms with Crippen molar-refractivity contribution >= 4 is 5.97 Å². The molecular weight excluding hydrogens is 254 g/mol. The topological polar surface area (TPSA) is 44.8 Å². The lowest BCUT2D eigenvalue weighted by molar-refractivity contribution is -0.188. The Morgan fingerprint density at radius 1 is 1.15 bits per heavy atom.